The quantitative estimate of drug-likeness (QED) is 0.602. The van der Waals surface area contributed by atoms with E-state index < -0.39 is 34.3 Å². The number of carbonyl (C=O) groups excluding carboxylic acids is 1. The van der Waals surface area contributed by atoms with Gasteiger partial charge in [0.15, 0.2) is 0 Å². The molecule has 0 saturated heterocycles. The van der Waals surface area contributed by atoms with E-state index in [2.05, 4.69) is 13.8 Å². The average molecular weight is 416 g/mol. The van der Waals surface area contributed by atoms with Gasteiger partial charge < -0.3 is 4.74 Å². The first-order valence-electron chi connectivity index (χ1n) is 9.61. The Balaban J connectivity index is 2.79. The monoisotopic (exact) mass is 415 g/mol. The largest absolute Gasteiger partial charge is 0.445 e. The molecule has 1 aromatic carbocycles. The number of amides is 1. The molecular formula is C21H34FNO4S. The van der Waals surface area contributed by atoms with Gasteiger partial charge in [-0.1, -0.05) is 60.1 Å². The van der Waals surface area contributed by atoms with Gasteiger partial charge in [-0.2, -0.15) is 0 Å². The molecule has 1 rings (SSSR count). The maximum Gasteiger partial charge on any atom is 0.421 e. The van der Waals surface area contributed by atoms with Gasteiger partial charge in [-0.25, -0.2) is 17.9 Å². The Bertz CT molecular complexity index is 755. The van der Waals surface area contributed by atoms with E-state index in [0.29, 0.717) is 11.5 Å². The predicted octanol–water partition coefficient (Wildman–Crippen LogP) is 5.20. The summed E-state index contributed by atoms with van der Waals surface area (Å²) in [5.74, 6) is 0.533. The van der Waals surface area contributed by atoms with Gasteiger partial charge in [0.1, 0.15) is 6.10 Å². The maximum absolute atomic E-state index is 13.1. The Hall–Kier alpha value is -1.63. The van der Waals surface area contributed by atoms with E-state index >= 15 is 0 Å². The molecule has 1 atom stereocenters. The Labute approximate surface area is 169 Å². The summed E-state index contributed by atoms with van der Waals surface area (Å²) in [7, 11) is -4.06. The van der Waals surface area contributed by atoms with Gasteiger partial charge in [0.2, 0.25) is 0 Å². The van der Waals surface area contributed by atoms with Crippen molar-refractivity contribution in [1.82, 2.24) is 4.72 Å². The van der Waals surface area contributed by atoms with Gasteiger partial charge in [0.25, 0.3) is 10.0 Å². The zero-order valence-electron chi connectivity index (χ0n) is 18.0. The van der Waals surface area contributed by atoms with E-state index in [9.17, 15) is 17.6 Å². The van der Waals surface area contributed by atoms with Gasteiger partial charge in [-0.15, -0.1) is 0 Å². The molecule has 28 heavy (non-hydrogen) atoms. The number of hydrogen-bond donors (Lipinski definition) is 1. The summed E-state index contributed by atoms with van der Waals surface area (Å²) in [4.78, 5) is 12.1. The van der Waals surface area contributed by atoms with Crippen LogP contribution in [0.5, 0.6) is 0 Å². The van der Waals surface area contributed by atoms with Crippen molar-refractivity contribution in [2.24, 2.45) is 11.3 Å². The van der Waals surface area contributed by atoms with Gasteiger partial charge in [0, 0.05) is 10.8 Å². The van der Waals surface area contributed by atoms with Crippen LogP contribution >= 0.6 is 0 Å². The molecule has 1 unspecified atom stereocenters. The molecule has 1 amide bonds. The standard InChI is InChI=1S/C21H34FNO4S/c1-15(2)12-13-20(4,5)16(3)27-19(24)23-28(25,26)18-10-8-17(9-11-18)21(6,7)14-22/h8-11,15-16H,12-14H2,1-7H3,(H,23,24). The van der Waals surface area contributed by atoms with Gasteiger partial charge in [-0.3, -0.25) is 4.39 Å². The minimum absolute atomic E-state index is 0.0745. The number of halogens is 1. The smallest absolute Gasteiger partial charge is 0.421 e. The third-order valence-electron chi connectivity index (χ3n) is 5.25. The van der Waals surface area contributed by atoms with E-state index in [-0.39, 0.29) is 10.3 Å². The third-order valence-corrected chi connectivity index (χ3v) is 6.58. The summed E-state index contributed by atoms with van der Waals surface area (Å²) in [6, 6.07) is 5.82. The minimum Gasteiger partial charge on any atom is -0.445 e. The SMILES string of the molecule is CC(C)CCC(C)(C)C(C)OC(=O)NS(=O)(=O)c1ccc(C(C)(C)CF)cc1. The van der Waals surface area contributed by atoms with E-state index in [1.807, 2.05) is 18.6 Å². The molecule has 0 fully saturated rings. The Kier molecular flexibility index (Phi) is 8.06. The van der Waals surface area contributed by atoms with E-state index in [1.165, 1.54) is 12.1 Å². The van der Waals surface area contributed by atoms with Crippen molar-refractivity contribution in [2.45, 2.75) is 77.7 Å². The summed E-state index contributed by atoms with van der Waals surface area (Å²) in [5, 5.41) is 0. The number of hydrogen-bond acceptors (Lipinski definition) is 4. The van der Waals surface area contributed by atoms with Crippen LogP contribution in [-0.4, -0.2) is 27.3 Å². The summed E-state index contributed by atoms with van der Waals surface area (Å²) in [6.07, 6.45) is 0.396. The van der Waals surface area contributed by atoms with Gasteiger partial charge >= 0.3 is 6.09 Å². The second-order valence-corrected chi connectivity index (χ2v) is 10.8. The maximum atomic E-state index is 13.1. The molecule has 1 aromatic rings. The van der Waals surface area contributed by atoms with Gasteiger partial charge in [0.05, 0.1) is 11.6 Å². The fraction of sp³-hybridized carbons (Fsp3) is 0.667. The van der Waals surface area contributed by atoms with Crippen molar-refractivity contribution in [1.29, 1.82) is 0 Å². The van der Waals surface area contributed by atoms with Crippen LogP contribution in [0, 0.1) is 11.3 Å². The highest BCUT2D eigenvalue weighted by atomic mass is 32.2. The van der Waals surface area contributed by atoms with Crippen molar-refractivity contribution >= 4 is 16.1 Å². The molecule has 160 valence electrons. The second-order valence-electron chi connectivity index (χ2n) is 9.12. The zero-order chi connectivity index (χ0) is 21.8. The van der Waals surface area contributed by atoms with E-state index in [4.69, 9.17) is 4.74 Å². The fourth-order valence-electron chi connectivity index (χ4n) is 2.54. The first-order chi connectivity index (χ1) is 12.7. The molecule has 0 heterocycles. The summed E-state index contributed by atoms with van der Waals surface area (Å²) < 4.78 is 45.2. The molecule has 0 aliphatic carbocycles. The number of benzene rings is 1. The number of sulfonamides is 1. The van der Waals surface area contributed by atoms with Crippen molar-refractivity contribution in [3.05, 3.63) is 29.8 Å². The fourth-order valence-corrected chi connectivity index (χ4v) is 3.42. The molecule has 0 radical (unpaired) electrons. The van der Waals surface area contributed by atoms with Crippen molar-refractivity contribution in [3.63, 3.8) is 0 Å². The number of ether oxygens (including phenoxy) is 1. The summed E-state index contributed by atoms with van der Waals surface area (Å²) in [5.41, 5.74) is -0.298. The van der Waals surface area contributed by atoms with Crippen LogP contribution in [0.1, 0.15) is 66.9 Å². The highest BCUT2D eigenvalue weighted by Crippen LogP contribution is 2.31. The van der Waals surface area contributed by atoms with Crippen molar-refractivity contribution < 1.29 is 22.3 Å². The minimum atomic E-state index is -4.06. The molecule has 7 heteroatoms. The van der Waals surface area contributed by atoms with Crippen molar-refractivity contribution in [3.8, 4) is 0 Å². The number of rotatable bonds is 9. The lowest BCUT2D eigenvalue weighted by molar-refractivity contribution is 0.0307. The molecule has 0 aliphatic heterocycles. The third kappa shape index (κ3) is 6.76. The Morgan fingerprint density at radius 3 is 2.11 bits per heavy atom. The van der Waals surface area contributed by atoms with Crippen LogP contribution in [0.25, 0.3) is 0 Å². The first kappa shape index (κ1) is 24.4. The first-order valence-corrected chi connectivity index (χ1v) is 11.1. The van der Waals surface area contributed by atoms with E-state index in [1.54, 1.807) is 32.9 Å². The van der Waals surface area contributed by atoms with Crippen LogP contribution in [0.15, 0.2) is 29.2 Å². The molecular weight excluding hydrogens is 381 g/mol. The average Bonchev–Trinajstić information content (AvgIpc) is 2.59. The molecule has 0 bridgehead atoms. The molecule has 0 saturated carbocycles. The second kappa shape index (κ2) is 9.25. The van der Waals surface area contributed by atoms with Crippen LogP contribution in [0.4, 0.5) is 9.18 Å². The number of alkyl halides is 1. The van der Waals surface area contributed by atoms with Crippen LogP contribution in [0.3, 0.4) is 0 Å². The summed E-state index contributed by atoms with van der Waals surface area (Å²) >= 11 is 0. The normalized spacial score (nSPS) is 14.0. The highest BCUT2D eigenvalue weighted by Gasteiger charge is 2.30. The lowest BCUT2D eigenvalue weighted by Crippen LogP contribution is -2.38. The number of carbonyl (C=O) groups is 1. The van der Waals surface area contributed by atoms with Crippen LogP contribution in [0.2, 0.25) is 0 Å². The van der Waals surface area contributed by atoms with Crippen LogP contribution < -0.4 is 4.72 Å². The Morgan fingerprint density at radius 1 is 1.11 bits per heavy atom. The molecule has 1 N–H and O–H groups in total. The molecule has 5 nitrogen and oxygen atoms in total. The van der Waals surface area contributed by atoms with Gasteiger partial charge in [-0.05, 0) is 37.0 Å². The lowest BCUT2D eigenvalue weighted by atomic mass is 9.81. The van der Waals surface area contributed by atoms with E-state index in [0.717, 1.165) is 12.8 Å². The summed E-state index contributed by atoms with van der Waals surface area (Å²) in [6.45, 7) is 12.9. The van der Waals surface area contributed by atoms with Crippen molar-refractivity contribution in [2.75, 3.05) is 6.67 Å². The lowest BCUT2D eigenvalue weighted by Gasteiger charge is -2.31. The molecule has 0 aromatic heterocycles. The predicted molar refractivity (Wildman–Crippen MR) is 110 cm³/mol. The Morgan fingerprint density at radius 2 is 1.64 bits per heavy atom. The van der Waals surface area contributed by atoms with Crippen LogP contribution in [-0.2, 0) is 20.2 Å². The number of nitrogens with one attached hydrogen (secondary N) is 1. The molecule has 0 aliphatic rings. The zero-order valence-corrected chi connectivity index (χ0v) is 18.8. The highest BCUT2D eigenvalue weighted by molar-refractivity contribution is 7.90. The topological polar surface area (TPSA) is 72.5 Å². The molecule has 0 spiro atoms.